The Labute approximate surface area is 155 Å². The van der Waals surface area contributed by atoms with E-state index in [0.29, 0.717) is 23.9 Å². The third-order valence-electron chi connectivity index (χ3n) is 3.49. The Morgan fingerprint density at radius 2 is 1.96 bits per heavy atom. The summed E-state index contributed by atoms with van der Waals surface area (Å²) in [5.41, 5.74) is 2.29. The van der Waals surface area contributed by atoms with Crippen LogP contribution >= 0.6 is 27.5 Å². The summed E-state index contributed by atoms with van der Waals surface area (Å²) >= 11 is 9.34. The number of benzene rings is 2. The molecule has 1 amide bonds. The van der Waals surface area contributed by atoms with E-state index in [9.17, 15) is 4.79 Å². The Morgan fingerprint density at radius 3 is 2.71 bits per heavy atom. The van der Waals surface area contributed by atoms with Crippen LogP contribution in [0.25, 0.3) is 0 Å². The maximum absolute atomic E-state index is 11.8. The number of amides is 1. The summed E-state index contributed by atoms with van der Waals surface area (Å²) in [5, 5.41) is 3.20. The van der Waals surface area contributed by atoms with Crippen molar-refractivity contribution in [2.75, 3.05) is 19.8 Å². The Morgan fingerprint density at radius 1 is 1.17 bits per heavy atom. The van der Waals surface area contributed by atoms with E-state index in [1.807, 2.05) is 32.0 Å². The summed E-state index contributed by atoms with van der Waals surface area (Å²) in [7, 11) is 0. The first kappa shape index (κ1) is 18.6. The molecule has 0 aromatic heterocycles. The van der Waals surface area contributed by atoms with Gasteiger partial charge in [-0.05, 0) is 49.2 Å². The van der Waals surface area contributed by atoms with Crippen molar-refractivity contribution in [2.45, 2.75) is 13.8 Å². The summed E-state index contributed by atoms with van der Waals surface area (Å²) < 4.78 is 11.9. The molecule has 0 spiro atoms. The van der Waals surface area contributed by atoms with Crippen LogP contribution in [-0.2, 0) is 4.79 Å². The molecule has 0 saturated carbocycles. The van der Waals surface area contributed by atoms with Crippen molar-refractivity contribution >= 4 is 33.4 Å². The smallest absolute Gasteiger partial charge is 0.258 e. The van der Waals surface area contributed by atoms with Crippen LogP contribution in [0.15, 0.2) is 40.9 Å². The molecule has 0 saturated heterocycles. The average molecular weight is 413 g/mol. The standard InChI is InChI=1S/C18H19BrClNO3/c1-12-4-3-5-16(13(12)2)23-9-8-21-18(22)11-24-17-7-6-14(19)10-15(17)20/h3-7,10H,8-9,11H2,1-2H3,(H,21,22). The summed E-state index contributed by atoms with van der Waals surface area (Å²) in [4.78, 5) is 11.8. The summed E-state index contributed by atoms with van der Waals surface area (Å²) in [6.45, 7) is 4.76. The summed E-state index contributed by atoms with van der Waals surface area (Å²) in [5.74, 6) is 1.09. The predicted molar refractivity (Wildman–Crippen MR) is 99.1 cm³/mol. The predicted octanol–water partition coefficient (Wildman–Crippen LogP) is 4.29. The molecule has 0 aliphatic carbocycles. The molecule has 24 heavy (non-hydrogen) atoms. The van der Waals surface area contributed by atoms with Crippen LogP contribution in [0.2, 0.25) is 5.02 Å². The van der Waals surface area contributed by atoms with Crippen LogP contribution in [-0.4, -0.2) is 25.7 Å². The second-order valence-electron chi connectivity index (χ2n) is 5.26. The molecule has 0 fully saturated rings. The van der Waals surface area contributed by atoms with Crippen molar-refractivity contribution in [1.29, 1.82) is 0 Å². The molecule has 2 aromatic carbocycles. The van der Waals surface area contributed by atoms with Crippen molar-refractivity contribution in [3.05, 3.63) is 57.0 Å². The van der Waals surface area contributed by atoms with Gasteiger partial charge >= 0.3 is 0 Å². The zero-order valence-corrected chi connectivity index (χ0v) is 15.9. The highest BCUT2D eigenvalue weighted by atomic mass is 79.9. The van der Waals surface area contributed by atoms with Gasteiger partial charge in [0.1, 0.15) is 18.1 Å². The van der Waals surface area contributed by atoms with Crippen molar-refractivity contribution < 1.29 is 14.3 Å². The fraction of sp³-hybridized carbons (Fsp3) is 0.278. The van der Waals surface area contributed by atoms with E-state index in [-0.39, 0.29) is 12.5 Å². The first-order valence-electron chi connectivity index (χ1n) is 7.51. The molecule has 0 atom stereocenters. The summed E-state index contributed by atoms with van der Waals surface area (Å²) in [6.07, 6.45) is 0. The molecule has 0 aliphatic heterocycles. The van der Waals surface area contributed by atoms with Crippen molar-refractivity contribution in [2.24, 2.45) is 0 Å². The van der Waals surface area contributed by atoms with Gasteiger partial charge < -0.3 is 14.8 Å². The lowest BCUT2D eigenvalue weighted by atomic mass is 10.1. The molecule has 0 bridgehead atoms. The number of nitrogens with one attached hydrogen (secondary N) is 1. The minimum atomic E-state index is -0.224. The molecule has 2 aromatic rings. The monoisotopic (exact) mass is 411 g/mol. The maximum atomic E-state index is 11.8. The van der Waals surface area contributed by atoms with Gasteiger partial charge in [-0.15, -0.1) is 0 Å². The van der Waals surface area contributed by atoms with Crippen molar-refractivity contribution in [1.82, 2.24) is 5.32 Å². The van der Waals surface area contributed by atoms with Gasteiger partial charge in [-0.2, -0.15) is 0 Å². The fourth-order valence-corrected chi connectivity index (χ4v) is 2.75. The molecule has 0 aliphatic rings. The molecule has 128 valence electrons. The minimum Gasteiger partial charge on any atom is -0.491 e. The Balaban J connectivity index is 1.71. The number of carbonyl (C=O) groups is 1. The number of ether oxygens (including phenoxy) is 2. The quantitative estimate of drug-likeness (QED) is 0.690. The van der Waals surface area contributed by atoms with Crippen LogP contribution in [0, 0.1) is 13.8 Å². The second-order valence-corrected chi connectivity index (χ2v) is 6.58. The number of hydrogen-bond acceptors (Lipinski definition) is 3. The molecule has 6 heteroatoms. The van der Waals surface area contributed by atoms with E-state index in [0.717, 1.165) is 15.8 Å². The normalized spacial score (nSPS) is 10.3. The summed E-state index contributed by atoms with van der Waals surface area (Å²) in [6, 6.07) is 11.1. The molecule has 0 heterocycles. The van der Waals surface area contributed by atoms with Crippen LogP contribution in [0.1, 0.15) is 11.1 Å². The van der Waals surface area contributed by atoms with Gasteiger partial charge in [0, 0.05) is 4.47 Å². The molecule has 1 N–H and O–H groups in total. The van der Waals surface area contributed by atoms with E-state index in [1.165, 1.54) is 5.56 Å². The Hall–Kier alpha value is -1.72. The molecule has 4 nitrogen and oxygen atoms in total. The highest BCUT2D eigenvalue weighted by Gasteiger charge is 2.07. The van der Waals surface area contributed by atoms with Gasteiger partial charge in [0.25, 0.3) is 5.91 Å². The lowest BCUT2D eigenvalue weighted by molar-refractivity contribution is -0.123. The first-order valence-corrected chi connectivity index (χ1v) is 8.68. The van der Waals surface area contributed by atoms with Crippen LogP contribution in [0.4, 0.5) is 0 Å². The molecular weight excluding hydrogens is 394 g/mol. The topological polar surface area (TPSA) is 47.6 Å². The van der Waals surface area contributed by atoms with Gasteiger partial charge in [-0.3, -0.25) is 4.79 Å². The van der Waals surface area contributed by atoms with E-state index in [2.05, 4.69) is 21.2 Å². The largest absolute Gasteiger partial charge is 0.491 e. The maximum Gasteiger partial charge on any atom is 0.258 e. The SMILES string of the molecule is Cc1cccc(OCCNC(=O)COc2ccc(Br)cc2Cl)c1C. The van der Waals surface area contributed by atoms with Gasteiger partial charge in [-0.25, -0.2) is 0 Å². The van der Waals surface area contributed by atoms with Crippen molar-refractivity contribution in [3.63, 3.8) is 0 Å². The number of halogens is 2. The first-order chi connectivity index (χ1) is 11.5. The average Bonchev–Trinajstić information content (AvgIpc) is 2.54. The number of carbonyl (C=O) groups excluding carboxylic acids is 1. The lowest BCUT2D eigenvalue weighted by Crippen LogP contribution is -2.32. The lowest BCUT2D eigenvalue weighted by Gasteiger charge is -2.12. The minimum absolute atomic E-state index is 0.0924. The van der Waals surface area contributed by atoms with Gasteiger partial charge in [0.15, 0.2) is 6.61 Å². The fourth-order valence-electron chi connectivity index (χ4n) is 2.02. The van der Waals surface area contributed by atoms with Crippen molar-refractivity contribution in [3.8, 4) is 11.5 Å². The van der Waals surface area contributed by atoms with Gasteiger partial charge in [0.05, 0.1) is 11.6 Å². The van der Waals surface area contributed by atoms with Gasteiger partial charge in [-0.1, -0.05) is 39.7 Å². The van der Waals surface area contributed by atoms with Gasteiger partial charge in [0.2, 0.25) is 0 Å². The van der Waals surface area contributed by atoms with Crippen LogP contribution in [0.3, 0.4) is 0 Å². The number of rotatable bonds is 7. The van der Waals surface area contributed by atoms with E-state index >= 15 is 0 Å². The zero-order valence-electron chi connectivity index (χ0n) is 13.6. The van der Waals surface area contributed by atoms with E-state index in [4.69, 9.17) is 21.1 Å². The Bertz CT molecular complexity index is 721. The van der Waals surface area contributed by atoms with E-state index < -0.39 is 0 Å². The zero-order chi connectivity index (χ0) is 17.5. The molecule has 0 unspecified atom stereocenters. The second kappa shape index (κ2) is 8.94. The molecule has 2 rings (SSSR count). The number of hydrogen-bond donors (Lipinski definition) is 1. The highest BCUT2D eigenvalue weighted by molar-refractivity contribution is 9.10. The molecular formula is C18H19BrClNO3. The third-order valence-corrected chi connectivity index (χ3v) is 4.28. The number of aryl methyl sites for hydroxylation is 1. The van der Waals surface area contributed by atoms with Crippen LogP contribution < -0.4 is 14.8 Å². The highest BCUT2D eigenvalue weighted by Crippen LogP contribution is 2.27. The van der Waals surface area contributed by atoms with Crippen LogP contribution in [0.5, 0.6) is 11.5 Å². The Kier molecular flexibility index (Phi) is 6.94. The molecule has 0 radical (unpaired) electrons. The third kappa shape index (κ3) is 5.42. The van der Waals surface area contributed by atoms with E-state index in [1.54, 1.807) is 18.2 Å².